The smallest absolute Gasteiger partial charge is 0.236 e. The molecule has 1 saturated heterocycles. The first-order valence-electron chi connectivity index (χ1n) is 9.24. The van der Waals surface area contributed by atoms with Crippen molar-refractivity contribution in [3.8, 4) is 16.6 Å². The van der Waals surface area contributed by atoms with E-state index in [1.54, 1.807) is 23.5 Å². The number of hydrogen-bond acceptors (Lipinski definition) is 7. The van der Waals surface area contributed by atoms with Gasteiger partial charge in [0.1, 0.15) is 23.3 Å². The molecule has 4 rings (SSSR count). The van der Waals surface area contributed by atoms with Gasteiger partial charge >= 0.3 is 0 Å². The monoisotopic (exact) mass is 428 g/mol. The van der Waals surface area contributed by atoms with Crippen molar-refractivity contribution in [3.05, 3.63) is 24.7 Å². The third-order valence-corrected chi connectivity index (χ3v) is 7.39. The summed E-state index contributed by atoms with van der Waals surface area (Å²) in [6.45, 7) is 1.23. The number of fused-ring (bicyclic) bond motifs is 1. The summed E-state index contributed by atoms with van der Waals surface area (Å²) in [5, 5.41) is 14.1. The number of nitrogens with one attached hydrogen (secondary N) is 2. The maximum Gasteiger partial charge on any atom is 0.236 e. The third kappa shape index (κ3) is 4.07. The molecule has 0 radical (unpaired) electrons. The summed E-state index contributed by atoms with van der Waals surface area (Å²) < 4.78 is 12.5. The second-order valence-electron chi connectivity index (χ2n) is 6.88. The van der Waals surface area contributed by atoms with Crippen molar-refractivity contribution >= 4 is 45.1 Å². The number of likely N-dealkylation sites (tertiary alicyclic amines) is 1. The Bertz CT molecular complexity index is 1070. The van der Waals surface area contributed by atoms with Crippen LogP contribution in [0.4, 0.5) is 5.69 Å². The van der Waals surface area contributed by atoms with Gasteiger partial charge in [-0.25, -0.2) is 9.97 Å². The van der Waals surface area contributed by atoms with Gasteiger partial charge in [0, 0.05) is 36.9 Å². The van der Waals surface area contributed by atoms with Crippen molar-refractivity contribution in [2.24, 2.45) is 0 Å². The minimum atomic E-state index is -1.09. The number of aromatic amines is 1. The molecule has 1 fully saturated rings. The molecule has 1 unspecified atom stereocenters. The molecular formula is C19H20N6O2S2. The highest BCUT2D eigenvalue weighted by Crippen LogP contribution is 2.37. The van der Waals surface area contributed by atoms with Crippen LogP contribution in [0.5, 0.6) is 0 Å². The summed E-state index contributed by atoms with van der Waals surface area (Å²) in [6.07, 6.45) is 8.59. The Kier molecular flexibility index (Phi) is 5.71. The van der Waals surface area contributed by atoms with Gasteiger partial charge in [-0.1, -0.05) is 11.3 Å². The van der Waals surface area contributed by atoms with E-state index in [1.807, 2.05) is 18.3 Å². The molecule has 150 valence electrons. The van der Waals surface area contributed by atoms with Gasteiger partial charge in [0.25, 0.3) is 0 Å². The molecule has 2 atom stereocenters. The summed E-state index contributed by atoms with van der Waals surface area (Å²) in [6, 6.07) is 3.96. The fourth-order valence-electron chi connectivity index (χ4n) is 3.55. The first-order chi connectivity index (χ1) is 14.1. The molecule has 4 heterocycles. The van der Waals surface area contributed by atoms with Crippen LogP contribution in [0, 0.1) is 11.3 Å². The summed E-state index contributed by atoms with van der Waals surface area (Å²) in [5.74, 6) is -0.129. The number of nitriles is 1. The molecule has 29 heavy (non-hydrogen) atoms. The van der Waals surface area contributed by atoms with Crippen LogP contribution < -0.4 is 5.32 Å². The highest BCUT2D eigenvalue weighted by atomic mass is 32.2. The van der Waals surface area contributed by atoms with E-state index in [4.69, 9.17) is 5.26 Å². The molecule has 3 aromatic rings. The molecule has 1 aliphatic rings. The van der Waals surface area contributed by atoms with Gasteiger partial charge in [-0.05, 0) is 30.1 Å². The van der Waals surface area contributed by atoms with Crippen LogP contribution in [0.15, 0.2) is 28.9 Å². The van der Waals surface area contributed by atoms with Crippen LogP contribution in [0.2, 0.25) is 0 Å². The molecule has 0 aromatic carbocycles. The number of thiazole rings is 1. The molecule has 3 aromatic heterocycles. The number of hydrogen-bond donors (Lipinski definition) is 2. The van der Waals surface area contributed by atoms with Gasteiger partial charge in [0.2, 0.25) is 10.1 Å². The van der Waals surface area contributed by atoms with Crippen molar-refractivity contribution < 1.29 is 9.35 Å². The molecule has 10 heteroatoms. The number of rotatable bonds is 5. The molecular weight excluding hydrogens is 408 g/mol. The lowest BCUT2D eigenvalue weighted by molar-refractivity contribution is -0.131. The number of aromatic nitrogens is 3. The zero-order chi connectivity index (χ0) is 20.4. The topological polar surface area (TPSA) is 121 Å². The maximum atomic E-state index is 12.1. The second-order valence-corrected chi connectivity index (χ2v) is 9.52. The summed E-state index contributed by atoms with van der Waals surface area (Å²) >= 11 is 0.304. The normalized spacial score (nSPS) is 17.8. The summed E-state index contributed by atoms with van der Waals surface area (Å²) in [4.78, 5) is 26.0. The molecule has 8 nitrogen and oxygen atoms in total. The first kappa shape index (κ1) is 19.7. The molecule has 0 aliphatic carbocycles. The van der Waals surface area contributed by atoms with Gasteiger partial charge in [-0.15, -0.1) is 0 Å². The van der Waals surface area contributed by atoms with Crippen molar-refractivity contribution in [3.63, 3.8) is 0 Å². The van der Waals surface area contributed by atoms with E-state index in [9.17, 15) is 9.35 Å². The maximum absolute atomic E-state index is 12.1. The van der Waals surface area contributed by atoms with Crippen LogP contribution in [-0.2, 0) is 16.0 Å². The van der Waals surface area contributed by atoms with Gasteiger partial charge in [-0.2, -0.15) is 5.26 Å². The van der Waals surface area contributed by atoms with Gasteiger partial charge in [0.15, 0.2) is 0 Å². The predicted octanol–water partition coefficient (Wildman–Crippen LogP) is 2.74. The Morgan fingerprint density at radius 2 is 2.38 bits per heavy atom. The number of carbonyl (C=O) groups is 1. The van der Waals surface area contributed by atoms with E-state index in [0.29, 0.717) is 17.3 Å². The van der Waals surface area contributed by atoms with E-state index in [1.165, 1.54) is 11.3 Å². The summed E-state index contributed by atoms with van der Waals surface area (Å²) in [7, 11) is 0. The van der Waals surface area contributed by atoms with Gasteiger partial charge in [-0.3, -0.25) is 4.79 Å². The van der Waals surface area contributed by atoms with E-state index in [2.05, 4.69) is 20.3 Å². The lowest BCUT2D eigenvalue weighted by Crippen LogP contribution is -2.45. The molecule has 2 N–H and O–H groups in total. The minimum Gasteiger partial charge on any atom is -0.611 e. The highest BCUT2D eigenvalue weighted by molar-refractivity contribution is 7.92. The molecule has 0 saturated carbocycles. The van der Waals surface area contributed by atoms with E-state index in [-0.39, 0.29) is 18.4 Å². The van der Waals surface area contributed by atoms with Crippen molar-refractivity contribution in [2.75, 3.05) is 24.7 Å². The Labute approximate surface area is 175 Å². The number of amides is 1. The predicted molar refractivity (Wildman–Crippen MR) is 113 cm³/mol. The molecule has 0 spiro atoms. The van der Waals surface area contributed by atoms with Gasteiger partial charge in [0.05, 0.1) is 23.5 Å². The number of anilines is 1. The minimum absolute atomic E-state index is 0.0605. The molecule has 1 aliphatic heterocycles. The van der Waals surface area contributed by atoms with Crippen molar-refractivity contribution in [2.45, 2.75) is 29.5 Å². The van der Waals surface area contributed by atoms with Crippen LogP contribution in [0.25, 0.3) is 21.6 Å². The second kappa shape index (κ2) is 8.41. The zero-order valence-electron chi connectivity index (χ0n) is 15.8. The SMILES string of the molecule is C[S+]([O-])c1cnc(-c2cnc3[nH]ccc3c2N[C@@H]2CCCN(C(=O)CC#N)C2)s1. The quantitative estimate of drug-likeness (QED) is 0.603. The van der Waals surface area contributed by atoms with Gasteiger partial charge < -0.3 is 19.8 Å². The average molecular weight is 429 g/mol. The Balaban J connectivity index is 1.66. The number of nitrogens with zero attached hydrogens (tertiary/aromatic N) is 4. The van der Waals surface area contributed by atoms with Crippen LogP contribution in [0.3, 0.4) is 0 Å². The molecule has 1 amide bonds. The van der Waals surface area contributed by atoms with Crippen molar-refractivity contribution in [1.82, 2.24) is 19.9 Å². The Morgan fingerprint density at radius 3 is 3.14 bits per heavy atom. The fraction of sp³-hybridized carbons (Fsp3) is 0.368. The van der Waals surface area contributed by atoms with Crippen LogP contribution >= 0.6 is 11.3 Å². The number of piperidine rings is 1. The summed E-state index contributed by atoms with van der Waals surface area (Å²) in [5.41, 5.74) is 2.51. The number of H-pyrrole nitrogens is 1. The highest BCUT2D eigenvalue weighted by Gasteiger charge is 2.25. The van der Waals surface area contributed by atoms with Crippen LogP contribution in [-0.4, -0.2) is 55.7 Å². The van der Waals surface area contributed by atoms with E-state index >= 15 is 0 Å². The fourth-order valence-corrected chi connectivity index (χ4v) is 5.12. The third-order valence-electron chi connectivity index (χ3n) is 4.94. The molecule has 0 bridgehead atoms. The first-order valence-corrected chi connectivity index (χ1v) is 11.6. The van der Waals surface area contributed by atoms with Crippen LogP contribution in [0.1, 0.15) is 19.3 Å². The lowest BCUT2D eigenvalue weighted by atomic mass is 10.0. The zero-order valence-corrected chi connectivity index (χ0v) is 17.5. The standard InChI is InChI=1S/C19H20N6O2S2/c1-29(27)16-10-23-19(28-16)14-9-22-18-13(5-7-21-18)17(14)24-12-3-2-8-25(11-12)15(26)4-6-20/h5,7,9-10,12H,2-4,8,11H2,1H3,(H2,21,22,24)/t12-,29?/m1/s1. The van der Waals surface area contributed by atoms with E-state index < -0.39 is 11.2 Å². The Hall–Kier alpha value is -2.61. The number of carbonyl (C=O) groups excluding carboxylic acids is 1. The van der Waals surface area contributed by atoms with Crippen molar-refractivity contribution in [1.29, 1.82) is 5.26 Å². The lowest BCUT2D eigenvalue weighted by Gasteiger charge is -2.33. The Morgan fingerprint density at radius 1 is 1.52 bits per heavy atom. The number of pyridine rings is 1. The average Bonchev–Trinajstić information content (AvgIpc) is 3.38. The largest absolute Gasteiger partial charge is 0.611 e. The van der Waals surface area contributed by atoms with E-state index in [0.717, 1.165) is 40.1 Å².